The van der Waals surface area contributed by atoms with Gasteiger partial charge in [0, 0.05) is 26.2 Å². The first kappa shape index (κ1) is 18.7. The van der Waals surface area contributed by atoms with Crippen LogP contribution >= 0.6 is 0 Å². The third-order valence-corrected chi connectivity index (χ3v) is 5.67. The lowest BCUT2D eigenvalue weighted by Gasteiger charge is -2.30. The molecule has 0 unspecified atom stereocenters. The van der Waals surface area contributed by atoms with E-state index in [4.69, 9.17) is 0 Å². The highest BCUT2D eigenvalue weighted by Crippen LogP contribution is 2.18. The molecule has 0 spiro atoms. The van der Waals surface area contributed by atoms with Crippen molar-refractivity contribution in [3.63, 3.8) is 0 Å². The van der Waals surface area contributed by atoms with Gasteiger partial charge in [-0.1, -0.05) is 30.3 Å². The van der Waals surface area contributed by atoms with Crippen LogP contribution in [0.3, 0.4) is 0 Å². The first-order valence-electron chi connectivity index (χ1n) is 8.46. The topological polar surface area (TPSA) is 78.5 Å². The van der Waals surface area contributed by atoms with E-state index in [1.54, 1.807) is 0 Å². The largest absolute Gasteiger partial charge is 0.338 e. The minimum Gasteiger partial charge on any atom is -0.338 e. The highest BCUT2D eigenvalue weighted by molar-refractivity contribution is 7.88. The Hall–Kier alpha value is -1.60. The summed E-state index contributed by atoms with van der Waals surface area (Å²) in [7, 11) is -3.08. The molecular formula is C17H27N3O3S. The predicted octanol–water partition coefficient (Wildman–Crippen LogP) is 1.59. The number of carbonyl (C=O) groups is 1. The molecule has 0 atom stereocenters. The molecule has 1 fully saturated rings. The summed E-state index contributed by atoms with van der Waals surface area (Å²) < 4.78 is 24.4. The number of nitrogens with one attached hydrogen (secondary N) is 2. The molecule has 1 aromatic carbocycles. The van der Waals surface area contributed by atoms with Gasteiger partial charge in [-0.25, -0.2) is 17.5 Å². The molecule has 1 heterocycles. The first-order valence-corrected chi connectivity index (χ1v) is 10.3. The van der Waals surface area contributed by atoms with E-state index in [2.05, 4.69) is 22.8 Å². The fourth-order valence-corrected chi connectivity index (χ4v) is 3.76. The Labute approximate surface area is 144 Å². The maximum atomic E-state index is 11.8. The lowest BCUT2D eigenvalue weighted by atomic mass is 9.98. The van der Waals surface area contributed by atoms with Gasteiger partial charge in [-0.3, -0.25) is 0 Å². The number of piperidine rings is 1. The number of amides is 2. The van der Waals surface area contributed by atoms with Crippen molar-refractivity contribution in [1.29, 1.82) is 0 Å². The van der Waals surface area contributed by atoms with Crippen molar-refractivity contribution in [3.05, 3.63) is 35.9 Å². The maximum absolute atomic E-state index is 11.8. The normalized spacial score (nSPS) is 16.7. The minimum absolute atomic E-state index is 0.145. The van der Waals surface area contributed by atoms with Gasteiger partial charge in [-0.05, 0) is 37.2 Å². The first-order chi connectivity index (χ1) is 11.4. The third kappa shape index (κ3) is 6.49. The summed E-state index contributed by atoms with van der Waals surface area (Å²) in [5.41, 5.74) is 1.28. The third-order valence-electron chi connectivity index (χ3n) is 4.36. The van der Waals surface area contributed by atoms with Gasteiger partial charge in [-0.15, -0.1) is 0 Å². The molecule has 134 valence electrons. The molecule has 0 bridgehead atoms. The SMILES string of the molecule is CS(=O)(=O)N1CCC(CNC(=O)NCCCc2ccccc2)CC1. The number of carbonyl (C=O) groups excluding carboxylic acids is 1. The molecule has 1 aliphatic rings. The van der Waals surface area contributed by atoms with Crippen LogP contribution in [0.1, 0.15) is 24.8 Å². The highest BCUT2D eigenvalue weighted by Gasteiger charge is 2.24. The highest BCUT2D eigenvalue weighted by atomic mass is 32.2. The second-order valence-electron chi connectivity index (χ2n) is 6.33. The fraction of sp³-hybridized carbons (Fsp3) is 0.588. The Balaban J connectivity index is 1.55. The van der Waals surface area contributed by atoms with Gasteiger partial charge in [0.2, 0.25) is 10.0 Å². The van der Waals surface area contributed by atoms with E-state index in [9.17, 15) is 13.2 Å². The van der Waals surface area contributed by atoms with E-state index in [0.717, 1.165) is 25.7 Å². The molecule has 2 amide bonds. The van der Waals surface area contributed by atoms with Crippen molar-refractivity contribution in [2.24, 2.45) is 5.92 Å². The predicted molar refractivity (Wildman–Crippen MR) is 95.3 cm³/mol. The van der Waals surface area contributed by atoms with Crippen molar-refractivity contribution < 1.29 is 13.2 Å². The molecular weight excluding hydrogens is 326 g/mol. The number of hydrogen-bond donors (Lipinski definition) is 2. The molecule has 1 aliphatic heterocycles. The molecule has 0 aromatic heterocycles. The number of rotatable bonds is 7. The smallest absolute Gasteiger partial charge is 0.314 e. The molecule has 2 rings (SSSR count). The summed E-state index contributed by atoms with van der Waals surface area (Å²) >= 11 is 0. The van der Waals surface area contributed by atoms with Crippen LogP contribution < -0.4 is 10.6 Å². The summed E-state index contributed by atoms with van der Waals surface area (Å²) in [6, 6.07) is 10.1. The molecule has 0 radical (unpaired) electrons. The Morgan fingerprint density at radius 1 is 1.17 bits per heavy atom. The summed E-state index contributed by atoms with van der Waals surface area (Å²) in [4.78, 5) is 11.8. The van der Waals surface area contributed by atoms with Crippen molar-refractivity contribution in [3.8, 4) is 0 Å². The van der Waals surface area contributed by atoms with Gasteiger partial charge in [-0.2, -0.15) is 0 Å². The van der Waals surface area contributed by atoms with Crippen LogP contribution in [-0.2, 0) is 16.4 Å². The number of urea groups is 1. The lowest BCUT2D eigenvalue weighted by Crippen LogP contribution is -2.43. The van der Waals surface area contributed by atoms with Crippen LogP contribution in [0.2, 0.25) is 0 Å². The van der Waals surface area contributed by atoms with Crippen LogP contribution in [0.5, 0.6) is 0 Å². The average molecular weight is 353 g/mol. The van der Waals surface area contributed by atoms with E-state index in [1.807, 2.05) is 18.2 Å². The standard InChI is InChI=1S/C17H27N3O3S/c1-24(22,23)20-12-9-16(10-13-20)14-19-17(21)18-11-5-8-15-6-3-2-4-7-15/h2-4,6-7,16H,5,8-14H2,1H3,(H2,18,19,21). The van der Waals surface area contributed by atoms with Crippen molar-refractivity contribution >= 4 is 16.1 Å². The van der Waals surface area contributed by atoms with Gasteiger partial charge in [0.25, 0.3) is 0 Å². The van der Waals surface area contributed by atoms with Crippen LogP contribution in [0.4, 0.5) is 4.79 Å². The van der Waals surface area contributed by atoms with Crippen LogP contribution in [0.25, 0.3) is 0 Å². The molecule has 7 heteroatoms. The van der Waals surface area contributed by atoms with E-state index < -0.39 is 10.0 Å². The lowest BCUT2D eigenvalue weighted by molar-refractivity contribution is 0.231. The zero-order valence-corrected chi connectivity index (χ0v) is 15.0. The zero-order valence-electron chi connectivity index (χ0n) is 14.2. The monoisotopic (exact) mass is 353 g/mol. The number of aryl methyl sites for hydroxylation is 1. The van der Waals surface area contributed by atoms with Crippen LogP contribution in [0.15, 0.2) is 30.3 Å². The van der Waals surface area contributed by atoms with Crippen molar-refractivity contribution in [2.45, 2.75) is 25.7 Å². The molecule has 2 N–H and O–H groups in total. The second-order valence-corrected chi connectivity index (χ2v) is 8.31. The Kier molecular flexibility index (Phi) is 7.05. The fourth-order valence-electron chi connectivity index (χ4n) is 2.88. The number of sulfonamides is 1. The van der Waals surface area contributed by atoms with Gasteiger partial charge < -0.3 is 10.6 Å². The summed E-state index contributed by atoms with van der Waals surface area (Å²) in [6.45, 7) is 2.34. The molecule has 1 saturated heterocycles. The van der Waals surface area contributed by atoms with Gasteiger partial charge >= 0.3 is 6.03 Å². The maximum Gasteiger partial charge on any atom is 0.314 e. The van der Waals surface area contributed by atoms with E-state index >= 15 is 0 Å². The van der Waals surface area contributed by atoms with Gasteiger partial charge in [0.05, 0.1) is 6.26 Å². The molecule has 0 saturated carbocycles. The van der Waals surface area contributed by atoms with Crippen LogP contribution in [-0.4, -0.2) is 51.2 Å². The average Bonchev–Trinajstić information content (AvgIpc) is 2.57. The van der Waals surface area contributed by atoms with Crippen molar-refractivity contribution in [2.75, 3.05) is 32.4 Å². The van der Waals surface area contributed by atoms with E-state index in [-0.39, 0.29) is 6.03 Å². The Morgan fingerprint density at radius 3 is 2.46 bits per heavy atom. The van der Waals surface area contributed by atoms with E-state index in [0.29, 0.717) is 32.1 Å². The summed E-state index contributed by atoms with van der Waals surface area (Å²) in [6.07, 6.45) is 4.69. The minimum atomic E-state index is -3.08. The Morgan fingerprint density at radius 2 is 1.83 bits per heavy atom. The number of hydrogen-bond acceptors (Lipinski definition) is 3. The molecule has 1 aromatic rings. The Bertz CT molecular complexity index is 611. The van der Waals surface area contributed by atoms with Crippen molar-refractivity contribution in [1.82, 2.24) is 14.9 Å². The number of nitrogens with zero attached hydrogens (tertiary/aromatic N) is 1. The van der Waals surface area contributed by atoms with Gasteiger partial charge in [0.1, 0.15) is 0 Å². The summed E-state index contributed by atoms with van der Waals surface area (Å²) in [5, 5.41) is 5.76. The quantitative estimate of drug-likeness (QED) is 0.731. The van der Waals surface area contributed by atoms with Crippen LogP contribution in [0, 0.1) is 5.92 Å². The van der Waals surface area contributed by atoms with E-state index in [1.165, 1.54) is 16.1 Å². The van der Waals surface area contributed by atoms with Gasteiger partial charge in [0.15, 0.2) is 0 Å². The molecule has 6 nitrogen and oxygen atoms in total. The zero-order chi connectivity index (χ0) is 17.4. The summed E-state index contributed by atoms with van der Waals surface area (Å²) in [5.74, 6) is 0.345. The molecule has 24 heavy (non-hydrogen) atoms. The number of benzene rings is 1. The second kappa shape index (κ2) is 9.03. The molecule has 0 aliphatic carbocycles.